The van der Waals surface area contributed by atoms with Crippen LogP contribution in [-0.4, -0.2) is 18.7 Å². The molecule has 4 nitrogen and oxygen atoms in total. The fourth-order valence-electron chi connectivity index (χ4n) is 1.95. The first-order valence-electron chi connectivity index (χ1n) is 7.15. The molecule has 1 amide bonds. The van der Waals surface area contributed by atoms with Gasteiger partial charge in [-0.05, 0) is 41.5 Å². The van der Waals surface area contributed by atoms with Crippen molar-refractivity contribution in [1.29, 1.82) is 0 Å². The average Bonchev–Trinajstić information content (AvgIpc) is 2.98. The summed E-state index contributed by atoms with van der Waals surface area (Å²) in [4.78, 5) is 12.8. The molecule has 2 aromatic rings. The number of amides is 1. The van der Waals surface area contributed by atoms with Crippen LogP contribution in [0.4, 0.5) is 0 Å². The molecular weight excluding hydrogens is 296 g/mol. The highest BCUT2D eigenvalue weighted by atomic mass is 32.1. The molecule has 0 bridgehead atoms. The van der Waals surface area contributed by atoms with Gasteiger partial charge in [0.25, 0.3) is 5.91 Å². The Balaban J connectivity index is 1.89. The van der Waals surface area contributed by atoms with Crippen LogP contribution in [0.2, 0.25) is 0 Å². The molecule has 0 saturated carbocycles. The summed E-state index contributed by atoms with van der Waals surface area (Å²) < 4.78 is 5.65. The van der Waals surface area contributed by atoms with E-state index in [1.165, 1.54) is 0 Å². The average molecular weight is 316 g/mol. The summed E-state index contributed by atoms with van der Waals surface area (Å²) in [5.41, 5.74) is 4.67. The van der Waals surface area contributed by atoms with Crippen LogP contribution in [0.25, 0.3) is 0 Å². The van der Waals surface area contributed by atoms with Crippen molar-refractivity contribution in [1.82, 2.24) is 5.43 Å². The Morgan fingerprint density at radius 2 is 2.23 bits per heavy atom. The molecule has 116 valence electrons. The fourth-order valence-corrected chi connectivity index (χ4v) is 2.54. The van der Waals surface area contributed by atoms with Gasteiger partial charge in [0.1, 0.15) is 5.75 Å². The second kappa shape index (κ2) is 7.75. The lowest BCUT2D eigenvalue weighted by molar-refractivity contribution is -0.123. The van der Waals surface area contributed by atoms with Gasteiger partial charge in [-0.15, -0.1) is 11.3 Å². The number of hydrazone groups is 1. The number of aryl methyl sites for hydroxylation is 1. The number of carbonyl (C=O) groups excluding carboxylic acids is 1. The molecule has 1 heterocycles. The highest BCUT2D eigenvalue weighted by molar-refractivity contribution is 7.11. The molecule has 0 fully saturated rings. The van der Waals surface area contributed by atoms with Crippen molar-refractivity contribution >= 4 is 23.5 Å². The van der Waals surface area contributed by atoms with Gasteiger partial charge in [0.05, 0.1) is 6.21 Å². The number of thiophene rings is 1. The molecule has 1 N–H and O–H groups in total. The fraction of sp³-hybridized carbons (Fsp3) is 0.294. The van der Waals surface area contributed by atoms with Gasteiger partial charge in [0, 0.05) is 4.88 Å². The first kappa shape index (κ1) is 16.2. The maximum absolute atomic E-state index is 11.8. The zero-order valence-corrected chi connectivity index (χ0v) is 13.8. The molecule has 1 aromatic heterocycles. The van der Waals surface area contributed by atoms with Gasteiger partial charge in [-0.3, -0.25) is 4.79 Å². The molecule has 5 heteroatoms. The zero-order valence-electron chi connectivity index (χ0n) is 13.0. The van der Waals surface area contributed by atoms with E-state index in [1.807, 2.05) is 42.6 Å². The smallest absolute Gasteiger partial charge is 0.277 e. The minimum Gasteiger partial charge on any atom is -0.483 e. The standard InChI is InChI=1S/C17H20N2O2S/c1-12(2)15-7-6-13(3)9-16(15)21-11-17(20)19-18-10-14-5-4-8-22-14/h4-10,12H,11H2,1-3H3,(H,19,20)/b18-10-. The number of hydrogen-bond donors (Lipinski definition) is 1. The summed E-state index contributed by atoms with van der Waals surface area (Å²) in [6.45, 7) is 6.15. The Hall–Kier alpha value is -2.14. The van der Waals surface area contributed by atoms with Crippen LogP contribution in [0.1, 0.15) is 35.8 Å². The number of benzene rings is 1. The highest BCUT2D eigenvalue weighted by Gasteiger charge is 2.09. The van der Waals surface area contributed by atoms with Crippen LogP contribution in [0.3, 0.4) is 0 Å². The van der Waals surface area contributed by atoms with E-state index in [2.05, 4.69) is 24.4 Å². The SMILES string of the molecule is Cc1ccc(C(C)C)c(OCC(=O)N/N=C\c2cccs2)c1. The molecule has 0 saturated heterocycles. The van der Waals surface area contributed by atoms with E-state index in [1.54, 1.807) is 17.6 Å². The molecule has 1 aromatic carbocycles. The molecular formula is C17H20N2O2S. The normalized spacial score (nSPS) is 11.1. The molecule has 0 radical (unpaired) electrons. The van der Waals surface area contributed by atoms with Crippen molar-refractivity contribution in [3.05, 3.63) is 51.7 Å². The number of ether oxygens (including phenoxy) is 1. The van der Waals surface area contributed by atoms with E-state index in [9.17, 15) is 4.79 Å². The van der Waals surface area contributed by atoms with Crippen molar-refractivity contribution in [3.8, 4) is 5.75 Å². The summed E-state index contributed by atoms with van der Waals surface area (Å²) in [6, 6.07) is 9.91. The third-order valence-electron chi connectivity index (χ3n) is 3.07. The summed E-state index contributed by atoms with van der Waals surface area (Å²) >= 11 is 1.56. The van der Waals surface area contributed by atoms with E-state index in [-0.39, 0.29) is 12.5 Å². The Labute approximate surface area is 134 Å². The van der Waals surface area contributed by atoms with E-state index in [4.69, 9.17) is 4.74 Å². The monoisotopic (exact) mass is 316 g/mol. The minimum absolute atomic E-state index is 0.0506. The number of nitrogens with zero attached hydrogens (tertiary/aromatic N) is 1. The number of carbonyl (C=O) groups is 1. The van der Waals surface area contributed by atoms with Crippen LogP contribution in [0.5, 0.6) is 5.75 Å². The zero-order chi connectivity index (χ0) is 15.9. The Bertz CT molecular complexity index is 649. The maximum atomic E-state index is 11.8. The third-order valence-corrected chi connectivity index (χ3v) is 3.88. The topological polar surface area (TPSA) is 50.7 Å². The first-order chi connectivity index (χ1) is 10.6. The molecule has 0 spiro atoms. The second-order valence-corrected chi connectivity index (χ2v) is 6.27. The van der Waals surface area contributed by atoms with Crippen LogP contribution in [0, 0.1) is 6.92 Å². The van der Waals surface area contributed by atoms with Crippen molar-refractivity contribution in [3.63, 3.8) is 0 Å². The lowest BCUT2D eigenvalue weighted by Gasteiger charge is -2.14. The van der Waals surface area contributed by atoms with Gasteiger partial charge in [0.15, 0.2) is 6.61 Å². The summed E-state index contributed by atoms with van der Waals surface area (Å²) in [7, 11) is 0. The van der Waals surface area contributed by atoms with E-state index in [0.717, 1.165) is 21.8 Å². The summed E-state index contributed by atoms with van der Waals surface area (Å²) in [6.07, 6.45) is 1.62. The third kappa shape index (κ3) is 4.70. The predicted molar refractivity (Wildman–Crippen MR) is 90.8 cm³/mol. The molecule has 22 heavy (non-hydrogen) atoms. The van der Waals surface area contributed by atoms with Crippen molar-refractivity contribution in [2.45, 2.75) is 26.7 Å². The van der Waals surface area contributed by atoms with E-state index < -0.39 is 0 Å². The molecule has 2 rings (SSSR count). The van der Waals surface area contributed by atoms with Crippen LogP contribution < -0.4 is 10.2 Å². The van der Waals surface area contributed by atoms with Crippen molar-refractivity contribution in [2.24, 2.45) is 5.10 Å². The molecule has 0 aliphatic rings. The molecule has 0 aliphatic heterocycles. The molecule has 0 unspecified atom stereocenters. The van der Waals surface area contributed by atoms with Crippen molar-refractivity contribution < 1.29 is 9.53 Å². The maximum Gasteiger partial charge on any atom is 0.277 e. The van der Waals surface area contributed by atoms with Crippen LogP contribution in [-0.2, 0) is 4.79 Å². The number of hydrogen-bond acceptors (Lipinski definition) is 4. The molecule has 0 atom stereocenters. The summed E-state index contributed by atoms with van der Waals surface area (Å²) in [5.74, 6) is 0.826. The van der Waals surface area contributed by atoms with Gasteiger partial charge in [-0.1, -0.05) is 32.0 Å². The van der Waals surface area contributed by atoms with Crippen LogP contribution in [0.15, 0.2) is 40.8 Å². The minimum atomic E-state index is -0.274. The van der Waals surface area contributed by atoms with Crippen molar-refractivity contribution in [2.75, 3.05) is 6.61 Å². The van der Waals surface area contributed by atoms with Gasteiger partial charge in [-0.25, -0.2) is 5.43 Å². The summed E-state index contributed by atoms with van der Waals surface area (Å²) in [5, 5.41) is 5.86. The Morgan fingerprint density at radius 1 is 1.41 bits per heavy atom. The van der Waals surface area contributed by atoms with E-state index >= 15 is 0 Å². The van der Waals surface area contributed by atoms with E-state index in [0.29, 0.717) is 5.92 Å². The highest BCUT2D eigenvalue weighted by Crippen LogP contribution is 2.27. The van der Waals surface area contributed by atoms with Crippen LogP contribution >= 0.6 is 11.3 Å². The second-order valence-electron chi connectivity index (χ2n) is 5.29. The lowest BCUT2D eigenvalue weighted by atomic mass is 10.0. The van der Waals surface area contributed by atoms with Gasteiger partial charge >= 0.3 is 0 Å². The largest absolute Gasteiger partial charge is 0.483 e. The molecule has 0 aliphatic carbocycles. The Kier molecular flexibility index (Phi) is 5.72. The predicted octanol–water partition coefficient (Wildman–Crippen LogP) is 3.71. The lowest BCUT2D eigenvalue weighted by Crippen LogP contribution is -2.24. The first-order valence-corrected chi connectivity index (χ1v) is 8.03. The van der Waals surface area contributed by atoms with Gasteiger partial charge in [0.2, 0.25) is 0 Å². The van der Waals surface area contributed by atoms with Gasteiger partial charge in [-0.2, -0.15) is 5.10 Å². The Morgan fingerprint density at radius 3 is 2.91 bits per heavy atom. The quantitative estimate of drug-likeness (QED) is 0.652. The van der Waals surface area contributed by atoms with Gasteiger partial charge < -0.3 is 4.74 Å². The number of nitrogens with one attached hydrogen (secondary N) is 1. The number of rotatable bonds is 6.